The molecule has 1 aliphatic carbocycles. The molecule has 4 rings (SSSR count). The number of carbonyl (C=O) groups excluding carboxylic acids is 2. The minimum absolute atomic E-state index is 0.0120. The molecule has 0 heterocycles. The first kappa shape index (κ1) is 31.0. The van der Waals surface area contributed by atoms with Crippen molar-refractivity contribution in [2.24, 2.45) is 0 Å². The summed E-state index contributed by atoms with van der Waals surface area (Å²) in [5.74, 6) is -0.954. The van der Waals surface area contributed by atoms with E-state index in [9.17, 15) is 28.1 Å². The van der Waals surface area contributed by atoms with E-state index in [0.29, 0.717) is 10.6 Å². The smallest absolute Gasteiger partial charge is 0.269 e. The molecule has 1 fully saturated rings. The average Bonchev–Trinajstić information content (AvgIpc) is 2.99. The quantitative estimate of drug-likeness (QED) is 0.231. The summed E-state index contributed by atoms with van der Waals surface area (Å²) in [6, 6.07) is 18.5. The molecule has 10 nitrogen and oxygen atoms in total. The Morgan fingerprint density at radius 3 is 2.29 bits per heavy atom. The molecule has 1 saturated carbocycles. The zero-order valence-corrected chi connectivity index (χ0v) is 24.8. The number of rotatable bonds is 11. The Hall–Kier alpha value is -3.96. The Bertz CT molecular complexity index is 1510. The van der Waals surface area contributed by atoms with Crippen LogP contribution >= 0.6 is 11.6 Å². The summed E-state index contributed by atoms with van der Waals surface area (Å²) in [5.41, 5.74) is 0.513. The molecular formula is C30H33ClN4O6S. The summed E-state index contributed by atoms with van der Waals surface area (Å²) < 4.78 is 28.5. The van der Waals surface area contributed by atoms with E-state index in [1.165, 1.54) is 41.3 Å². The van der Waals surface area contributed by atoms with Crippen molar-refractivity contribution in [3.05, 3.63) is 99.6 Å². The Labute approximate surface area is 250 Å². The van der Waals surface area contributed by atoms with E-state index in [0.717, 1.165) is 36.4 Å². The van der Waals surface area contributed by atoms with Gasteiger partial charge in [0, 0.05) is 29.7 Å². The van der Waals surface area contributed by atoms with Gasteiger partial charge in [0.05, 0.1) is 15.5 Å². The second-order valence-electron chi connectivity index (χ2n) is 10.3. The van der Waals surface area contributed by atoms with Crippen LogP contribution in [0.5, 0.6) is 0 Å². The number of non-ortho nitro benzene ring substituents is 1. The van der Waals surface area contributed by atoms with Gasteiger partial charge < -0.3 is 10.2 Å². The van der Waals surface area contributed by atoms with Crippen LogP contribution in [0, 0.1) is 10.1 Å². The number of halogens is 1. The van der Waals surface area contributed by atoms with Crippen molar-refractivity contribution < 1.29 is 22.9 Å². The van der Waals surface area contributed by atoms with Crippen LogP contribution in [0.2, 0.25) is 5.02 Å². The van der Waals surface area contributed by atoms with Gasteiger partial charge in [-0.2, -0.15) is 0 Å². The molecule has 222 valence electrons. The highest BCUT2D eigenvalue weighted by Gasteiger charge is 2.33. The molecule has 0 spiro atoms. The summed E-state index contributed by atoms with van der Waals surface area (Å²) in [7, 11) is -4.27. The molecule has 1 aliphatic rings. The maximum Gasteiger partial charge on any atom is 0.269 e. The summed E-state index contributed by atoms with van der Waals surface area (Å²) in [5, 5.41) is 14.7. The largest absolute Gasteiger partial charge is 0.352 e. The number of anilines is 1. The van der Waals surface area contributed by atoms with E-state index in [-0.39, 0.29) is 34.8 Å². The number of nitro benzene ring substituents is 1. The Morgan fingerprint density at radius 2 is 1.67 bits per heavy atom. The first-order chi connectivity index (χ1) is 20.1. The molecule has 1 N–H and O–H groups in total. The van der Waals surface area contributed by atoms with Crippen molar-refractivity contribution in [3.8, 4) is 0 Å². The van der Waals surface area contributed by atoms with E-state index >= 15 is 0 Å². The van der Waals surface area contributed by atoms with E-state index in [2.05, 4.69) is 5.32 Å². The lowest BCUT2D eigenvalue weighted by Crippen LogP contribution is -2.53. The number of sulfonamides is 1. The van der Waals surface area contributed by atoms with Crippen LogP contribution in [0.3, 0.4) is 0 Å². The zero-order valence-electron chi connectivity index (χ0n) is 23.2. The van der Waals surface area contributed by atoms with Crippen LogP contribution < -0.4 is 9.62 Å². The van der Waals surface area contributed by atoms with E-state index in [4.69, 9.17) is 11.6 Å². The first-order valence-electron chi connectivity index (χ1n) is 13.7. The standard InChI is InChI=1S/C30H33ClN4O6S/c1-22(30(37)32-25-11-4-2-5-12-25)33(20-23-9-8-10-24(31)19-23)29(36)21-34(26-15-17-27(18-16-26)35(38)39)42(40,41)28-13-6-3-7-14-28/h3,6-10,13-19,22,25H,2,4-5,11-12,20-21H2,1H3,(H,32,37)/t22-/m1/s1. The van der Waals surface area contributed by atoms with Crippen LogP contribution in [0.15, 0.2) is 83.8 Å². The molecule has 1 atom stereocenters. The molecule has 3 aromatic rings. The summed E-state index contributed by atoms with van der Waals surface area (Å²) in [6.45, 7) is 0.983. The lowest BCUT2D eigenvalue weighted by molar-refractivity contribution is -0.384. The van der Waals surface area contributed by atoms with Gasteiger partial charge in [-0.05, 0) is 61.7 Å². The van der Waals surface area contributed by atoms with E-state index < -0.39 is 33.4 Å². The molecule has 42 heavy (non-hydrogen) atoms. The summed E-state index contributed by atoms with van der Waals surface area (Å²) in [6.07, 6.45) is 4.89. The number of nitrogens with one attached hydrogen (secondary N) is 1. The third-order valence-corrected chi connectivity index (χ3v) is 9.34. The van der Waals surface area contributed by atoms with Gasteiger partial charge in [-0.25, -0.2) is 8.42 Å². The highest BCUT2D eigenvalue weighted by atomic mass is 35.5. The lowest BCUT2D eigenvalue weighted by atomic mass is 9.95. The Morgan fingerprint density at radius 1 is 1.00 bits per heavy atom. The second-order valence-corrected chi connectivity index (χ2v) is 12.6. The van der Waals surface area contributed by atoms with Gasteiger partial charge >= 0.3 is 0 Å². The first-order valence-corrected chi connectivity index (χ1v) is 15.5. The lowest BCUT2D eigenvalue weighted by Gasteiger charge is -2.33. The maximum absolute atomic E-state index is 14.0. The molecule has 2 amide bonds. The normalized spacial score (nSPS) is 14.5. The third kappa shape index (κ3) is 7.65. The highest BCUT2D eigenvalue weighted by molar-refractivity contribution is 7.92. The number of nitrogens with zero attached hydrogens (tertiary/aromatic N) is 3. The van der Waals surface area contributed by atoms with Crippen LogP contribution in [0.25, 0.3) is 0 Å². The number of hydrogen-bond acceptors (Lipinski definition) is 6. The maximum atomic E-state index is 14.0. The molecule has 0 aromatic heterocycles. The van der Waals surface area contributed by atoms with Crippen molar-refractivity contribution in [1.82, 2.24) is 10.2 Å². The molecule has 0 aliphatic heterocycles. The highest BCUT2D eigenvalue weighted by Crippen LogP contribution is 2.27. The SMILES string of the molecule is C[C@H](C(=O)NC1CCCCC1)N(Cc1cccc(Cl)c1)C(=O)CN(c1ccc([N+](=O)[O-])cc1)S(=O)(=O)c1ccccc1. The van der Waals surface area contributed by atoms with Gasteiger partial charge in [0.1, 0.15) is 12.6 Å². The Kier molecular flexibility index (Phi) is 10.2. The summed E-state index contributed by atoms with van der Waals surface area (Å²) >= 11 is 6.19. The third-order valence-electron chi connectivity index (χ3n) is 7.32. The molecule has 0 radical (unpaired) electrons. The monoisotopic (exact) mass is 612 g/mol. The second kappa shape index (κ2) is 13.8. The number of carbonyl (C=O) groups is 2. The van der Waals surface area contributed by atoms with Crippen molar-refractivity contribution in [1.29, 1.82) is 0 Å². The number of benzene rings is 3. The van der Waals surface area contributed by atoms with Gasteiger partial charge in [0.15, 0.2) is 0 Å². The van der Waals surface area contributed by atoms with Gasteiger partial charge in [-0.1, -0.05) is 61.2 Å². The van der Waals surface area contributed by atoms with Gasteiger partial charge in [0.2, 0.25) is 11.8 Å². The number of hydrogen-bond donors (Lipinski definition) is 1. The fourth-order valence-corrected chi connectivity index (χ4v) is 6.62. The van der Waals surface area contributed by atoms with Crippen molar-refractivity contribution in [2.75, 3.05) is 10.8 Å². The molecule has 12 heteroatoms. The predicted molar refractivity (Wildman–Crippen MR) is 161 cm³/mol. The molecule has 0 bridgehead atoms. The fraction of sp³-hybridized carbons (Fsp3) is 0.333. The van der Waals surface area contributed by atoms with E-state index in [1.54, 1.807) is 49.4 Å². The minimum Gasteiger partial charge on any atom is -0.352 e. The zero-order chi connectivity index (χ0) is 30.3. The van der Waals surface area contributed by atoms with Crippen molar-refractivity contribution >= 4 is 44.8 Å². The van der Waals surface area contributed by atoms with E-state index in [1.807, 2.05) is 0 Å². The number of nitro groups is 1. The minimum atomic E-state index is -4.27. The van der Waals surface area contributed by atoms with Gasteiger partial charge in [0.25, 0.3) is 15.7 Å². The van der Waals surface area contributed by atoms with Crippen LogP contribution in [-0.2, 0) is 26.2 Å². The topological polar surface area (TPSA) is 130 Å². The van der Waals surface area contributed by atoms with Gasteiger partial charge in [-0.15, -0.1) is 0 Å². The number of amides is 2. The van der Waals surface area contributed by atoms with Crippen LogP contribution in [0.4, 0.5) is 11.4 Å². The van der Waals surface area contributed by atoms with Crippen molar-refractivity contribution in [2.45, 2.75) is 62.6 Å². The Balaban J connectivity index is 1.68. The van der Waals surface area contributed by atoms with Gasteiger partial charge in [-0.3, -0.25) is 24.0 Å². The molecular weight excluding hydrogens is 580 g/mol. The van der Waals surface area contributed by atoms with Crippen LogP contribution in [0.1, 0.15) is 44.6 Å². The van der Waals surface area contributed by atoms with Crippen LogP contribution in [-0.4, -0.2) is 48.7 Å². The molecule has 0 unspecified atom stereocenters. The van der Waals surface area contributed by atoms with Crippen molar-refractivity contribution in [3.63, 3.8) is 0 Å². The summed E-state index contributed by atoms with van der Waals surface area (Å²) in [4.78, 5) is 39.3. The average molecular weight is 613 g/mol. The molecule has 3 aromatic carbocycles. The fourth-order valence-electron chi connectivity index (χ4n) is 4.97. The molecule has 0 saturated heterocycles. The predicted octanol–water partition coefficient (Wildman–Crippen LogP) is 5.31.